The molecule has 182 valence electrons. The summed E-state index contributed by atoms with van der Waals surface area (Å²) in [5.74, 6) is 1.48. The van der Waals surface area contributed by atoms with Gasteiger partial charge in [-0.05, 0) is 44.2 Å². The number of fused-ring (bicyclic) bond motifs is 1. The molecule has 2 aromatic heterocycles. The van der Waals surface area contributed by atoms with Crippen LogP contribution in [0.1, 0.15) is 48.9 Å². The summed E-state index contributed by atoms with van der Waals surface area (Å²) in [6, 6.07) is 3.16. The number of piperazine rings is 1. The van der Waals surface area contributed by atoms with Gasteiger partial charge in [-0.25, -0.2) is 4.79 Å². The van der Waals surface area contributed by atoms with Crippen molar-refractivity contribution < 1.29 is 4.79 Å². The van der Waals surface area contributed by atoms with Crippen molar-refractivity contribution in [2.45, 2.75) is 43.8 Å². The predicted molar refractivity (Wildman–Crippen MR) is 131 cm³/mol. The molecule has 5 heterocycles. The highest BCUT2D eigenvalue weighted by Crippen LogP contribution is 2.44. The largest absolute Gasteiger partial charge is 0.348 e. The van der Waals surface area contributed by atoms with Crippen LogP contribution in [0, 0.1) is 5.92 Å². The number of anilines is 1. The third-order valence-corrected chi connectivity index (χ3v) is 8.19. The summed E-state index contributed by atoms with van der Waals surface area (Å²) in [6.07, 6.45) is 12.2. The first-order valence-corrected chi connectivity index (χ1v) is 12.7. The maximum absolute atomic E-state index is 12.7. The Bertz CT molecular complexity index is 1030. The van der Waals surface area contributed by atoms with E-state index in [0.29, 0.717) is 24.5 Å². The van der Waals surface area contributed by atoms with Gasteiger partial charge in [-0.2, -0.15) is 5.10 Å². The third-order valence-electron chi connectivity index (χ3n) is 8.19. The van der Waals surface area contributed by atoms with Gasteiger partial charge in [0.2, 0.25) is 0 Å². The molecule has 1 aliphatic carbocycles. The fraction of sp³-hybridized carbons (Fsp3) is 0.625. The predicted octanol–water partition coefficient (Wildman–Crippen LogP) is 1.87. The second-order valence-corrected chi connectivity index (χ2v) is 10.00. The first-order valence-electron chi connectivity index (χ1n) is 12.7. The number of H-pyrrole nitrogens is 1. The molecule has 10 nitrogen and oxygen atoms in total. The summed E-state index contributed by atoms with van der Waals surface area (Å²) in [5, 5.41) is 7.92. The second-order valence-electron chi connectivity index (χ2n) is 10.00. The molecule has 4 aliphatic rings. The number of nitrogens with zero attached hydrogens (tertiary/aromatic N) is 6. The molecule has 10 heteroatoms. The molecule has 0 bridgehead atoms. The van der Waals surface area contributed by atoms with Crippen molar-refractivity contribution in [2.75, 3.05) is 51.1 Å². The Morgan fingerprint density at radius 1 is 1.09 bits per heavy atom. The molecule has 3 aliphatic heterocycles. The number of aromatic amines is 1. The van der Waals surface area contributed by atoms with Crippen LogP contribution in [0.15, 0.2) is 29.6 Å². The molecular weight excluding hydrogens is 430 g/mol. The molecular formula is C24H35N9O. The summed E-state index contributed by atoms with van der Waals surface area (Å²) in [6.45, 7) is 6.06. The van der Waals surface area contributed by atoms with Crippen LogP contribution in [0.5, 0.6) is 0 Å². The SMILES string of the molecule is NCCC1C(N2CCN(C(=O)N3CCCC3)CC2)CC1n1cc(C2N=CNc3[nH]ccc32)cn1. The van der Waals surface area contributed by atoms with E-state index in [1.165, 1.54) is 0 Å². The average Bonchev–Trinajstić information content (AvgIpc) is 3.63. The lowest BCUT2D eigenvalue weighted by Gasteiger charge is -2.52. The van der Waals surface area contributed by atoms with E-state index in [0.717, 1.165) is 81.9 Å². The van der Waals surface area contributed by atoms with Crippen molar-refractivity contribution in [3.05, 3.63) is 35.8 Å². The Labute approximate surface area is 200 Å². The number of likely N-dealkylation sites (tertiary alicyclic amines) is 1. The molecule has 34 heavy (non-hydrogen) atoms. The van der Waals surface area contributed by atoms with Crippen molar-refractivity contribution in [2.24, 2.45) is 16.6 Å². The van der Waals surface area contributed by atoms with Crippen molar-refractivity contribution in [3.8, 4) is 0 Å². The minimum atomic E-state index is -0.0266. The number of nitrogens with two attached hydrogens (primary N) is 1. The third kappa shape index (κ3) is 3.78. The van der Waals surface area contributed by atoms with E-state index in [-0.39, 0.29) is 12.1 Å². The lowest BCUT2D eigenvalue weighted by atomic mass is 9.71. The molecule has 2 saturated heterocycles. The van der Waals surface area contributed by atoms with Crippen molar-refractivity contribution >= 4 is 18.2 Å². The summed E-state index contributed by atoms with van der Waals surface area (Å²) >= 11 is 0. The number of carbonyl (C=O) groups is 1. The van der Waals surface area contributed by atoms with Crippen LogP contribution < -0.4 is 11.1 Å². The zero-order chi connectivity index (χ0) is 23.1. The summed E-state index contributed by atoms with van der Waals surface area (Å²) in [7, 11) is 0. The number of nitrogens with one attached hydrogen (secondary N) is 2. The summed E-state index contributed by atoms with van der Waals surface area (Å²) < 4.78 is 2.14. The fourth-order valence-corrected chi connectivity index (χ4v) is 6.24. The van der Waals surface area contributed by atoms with Gasteiger partial charge >= 0.3 is 6.03 Å². The zero-order valence-corrected chi connectivity index (χ0v) is 19.6. The van der Waals surface area contributed by atoms with Gasteiger partial charge in [0.05, 0.1) is 18.6 Å². The van der Waals surface area contributed by atoms with Gasteiger partial charge in [-0.15, -0.1) is 0 Å². The molecule has 6 rings (SSSR count). The van der Waals surface area contributed by atoms with E-state index >= 15 is 0 Å². The minimum Gasteiger partial charge on any atom is -0.348 e. The van der Waals surface area contributed by atoms with Crippen molar-refractivity contribution in [1.82, 2.24) is 29.5 Å². The van der Waals surface area contributed by atoms with Gasteiger partial charge in [0.15, 0.2) is 0 Å². The Kier molecular flexibility index (Phi) is 5.78. The Balaban J connectivity index is 1.10. The summed E-state index contributed by atoms with van der Waals surface area (Å²) in [5.41, 5.74) is 8.29. The smallest absolute Gasteiger partial charge is 0.320 e. The standard InChI is InChI=1S/C24H35N9O/c25-5-3-18-20(30-9-11-32(12-10-30)24(34)31-7-1-2-8-31)13-21(18)33-15-17(14-29-33)22-19-4-6-26-23(19)28-16-27-22/h4,6,14-16,18,20-22,26H,1-3,5,7-13,25H2,(H,27,28). The van der Waals surface area contributed by atoms with Gasteiger partial charge in [-0.1, -0.05) is 0 Å². The van der Waals surface area contributed by atoms with E-state index in [1.54, 1.807) is 6.34 Å². The normalized spacial score (nSPS) is 29.1. The molecule has 4 atom stereocenters. The van der Waals surface area contributed by atoms with Crippen LogP contribution in [0.4, 0.5) is 10.6 Å². The number of hydrogen-bond acceptors (Lipinski definition) is 6. The topological polar surface area (TPSA) is 111 Å². The van der Waals surface area contributed by atoms with Gasteiger partial charge in [0.1, 0.15) is 11.9 Å². The first kappa shape index (κ1) is 21.7. The van der Waals surface area contributed by atoms with Gasteiger partial charge in [-0.3, -0.25) is 14.6 Å². The maximum Gasteiger partial charge on any atom is 0.320 e. The van der Waals surface area contributed by atoms with Gasteiger partial charge < -0.3 is 25.8 Å². The van der Waals surface area contributed by atoms with E-state index in [9.17, 15) is 4.79 Å². The van der Waals surface area contributed by atoms with Crippen molar-refractivity contribution in [1.29, 1.82) is 0 Å². The monoisotopic (exact) mass is 465 g/mol. The van der Waals surface area contributed by atoms with Gasteiger partial charge in [0, 0.05) is 68.8 Å². The lowest BCUT2D eigenvalue weighted by Crippen LogP contribution is -2.60. The molecule has 4 unspecified atom stereocenters. The minimum absolute atomic E-state index is 0.0266. The molecule has 2 aromatic rings. The van der Waals surface area contributed by atoms with E-state index in [4.69, 9.17) is 10.8 Å². The van der Waals surface area contributed by atoms with Crippen LogP contribution in [0.2, 0.25) is 0 Å². The molecule has 4 N–H and O–H groups in total. The molecule has 3 fully saturated rings. The van der Waals surface area contributed by atoms with Crippen LogP contribution in [0.3, 0.4) is 0 Å². The Hall–Kier alpha value is -2.85. The highest BCUT2D eigenvalue weighted by atomic mass is 16.2. The van der Waals surface area contributed by atoms with Crippen LogP contribution in [-0.2, 0) is 0 Å². The maximum atomic E-state index is 12.7. The first-order chi connectivity index (χ1) is 16.7. The molecule has 0 spiro atoms. The molecule has 1 saturated carbocycles. The average molecular weight is 466 g/mol. The van der Waals surface area contributed by atoms with Crippen LogP contribution in [-0.4, -0.2) is 93.7 Å². The fourth-order valence-electron chi connectivity index (χ4n) is 6.24. The summed E-state index contributed by atoms with van der Waals surface area (Å²) in [4.78, 5) is 27.3. The number of urea groups is 1. The van der Waals surface area contributed by atoms with E-state index in [1.807, 2.05) is 22.2 Å². The quantitative estimate of drug-likeness (QED) is 0.624. The zero-order valence-electron chi connectivity index (χ0n) is 19.6. The van der Waals surface area contributed by atoms with Crippen LogP contribution >= 0.6 is 0 Å². The molecule has 0 aromatic carbocycles. The van der Waals surface area contributed by atoms with E-state index < -0.39 is 0 Å². The molecule has 0 radical (unpaired) electrons. The highest BCUT2D eigenvalue weighted by molar-refractivity contribution is 5.79. The highest BCUT2D eigenvalue weighted by Gasteiger charge is 2.46. The number of aliphatic imine (C=N–C) groups is 1. The Morgan fingerprint density at radius 2 is 1.88 bits per heavy atom. The second kappa shape index (κ2) is 9.07. The van der Waals surface area contributed by atoms with Gasteiger partial charge in [0.25, 0.3) is 0 Å². The number of rotatable bonds is 5. The van der Waals surface area contributed by atoms with E-state index in [2.05, 4.69) is 37.1 Å². The lowest BCUT2D eigenvalue weighted by molar-refractivity contribution is -0.0186. The van der Waals surface area contributed by atoms with Crippen molar-refractivity contribution in [3.63, 3.8) is 0 Å². The number of carbonyl (C=O) groups excluding carboxylic acids is 1. The van der Waals surface area contributed by atoms with Crippen LogP contribution in [0.25, 0.3) is 0 Å². The number of hydrogen-bond donors (Lipinski definition) is 3. The number of aromatic nitrogens is 3. The Morgan fingerprint density at radius 3 is 2.68 bits per heavy atom. The molecule has 2 amide bonds. The number of amides is 2.